The summed E-state index contributed by atoms with van der Waals surface area (Å²) in [5.74, 6) is 0.0530. The van der Waals surface area contributed by atoms with Crippen molar-refractivity contribution in [2.75, 3.05) is 43.0 Å². The number of piperazine rings is 1. The number of carbonyl (C=O) groups is 1. The Kier molecular flexibility index (Phi) is 7.05. The Hall–Kier alpha value is -4.17. The molecular weight excluding hydrogens is 553 g/mol. The maximum atomic E-state index is 13.6. The second kappa shape index (κ2) is 10.6. The predicted octanol–water partition coefficient (Wildman–Crippen LogP) is 6.48. The van der Waals surface area contributed by atoms with Crippen molar-refractivity contribution < 1.29 is 13.9 Å². The number of nitriles is 1. The lowest BCUT2D eigenvalue weighted by Gasteiger charge is -2.37. The van der Waals surface area contributed by atoms with Gasteiger partial charge in [-0.05, 0) is 76.9 Å². The van der Waals surface area contributed by atoms with Gasteiger partial charge < -0.3 is 19.4 Å². The maximum absolute atomic E-state index is 13.6. The standard InChI is InChI=1S/C31H34FN7O2S/c1-19-16-23(37-12-14-38(15-13-37)30(40)41-31(2,3)4)17-24-28(27(21-6-7-21)35-39(19)24)36(5)29-34-26(25(18-33)42-29)20-8-10-22(32)11-9-20/h8-11,16-17,21H,6-7,12-15H2,1-5H3. The average Bonchev–Trinajstić information content (AvgIpc) is 3.59. The normalized spacial score (nSPS) is 15.6. The molecule has 2 aliphatic rings. The van der Waals surface area contributed by atoms with Crippen molar-refractivity contribution in [1.29, 1.82) is 5.26 Å². The van der Waals surface area contributed by atoms with Gasteiger partial charge in [0, 0.05) is 56.1 Å². The van der Waals surface area contributed by atoms with Gasteiger partial charge in [0.05, 0.1) is 16.9 Å². The van der Waals surface area contributed by atoms with Crippen LogP contribution in [-0.4, -0.2) is 64.4 Å². The van der Waals surface area contributed by atoms with E-state index in [9.17, 15) is 14.4 Å². The largest absolute Gasteiger partial charge is 0.444 e. The molecule has 11 heteroatoms. The molecule has 1 aliphatic heterocycles. The third kappa shape index (κ3) is 5.39. The van der Waals surface area contributed by atoms with Gasteiger partial charge in [-0.25, -0.2) is 18.7 Å². The molecule has 0 bridgehead atoms. The van der Waals surface area contributed by atoms with Gasteiger partial charge in [0.25, 0.3) is 0 Å². The molecule has 1 aromatic carbocycles. The first-order valence-corrected chi connectivity index (χ1v) is 15.0. The molecule has 0 radical (unpaired) electrons. The molecule has 42 heavy (non-hydrogen) atoms. The number of rotatable bonds is 5. The molecule has 0 N–H and O–H groups in total. The number of amides is 1. The molecule has 4 aromatic rings. The first-order chi connectivity index (χ1) is 20.0. The van der Waals surface area contributed by atoms with Crippen molar-refractivity contribution in [3.8, 4) is 17.3 Å². The SMILES string of the molecule is Cc1cc(N2CCN(C(=O)OC(C)(C)C)CC2)cc2c(N(C)c3nc(-c4ccc(F)cc4)c(C#N)s3)c(C3CC3)nn12. The number of aromatic nitrogens is 3. The second-order valence-corrected chi connectivity index (χ2v) is 12.9. The summed E-state index contributed by atoms with van der Waals surface area (Å²) in [6.07, 6.45) is 1.90. The number of halogens is 1. The molecule has 0 spiro atoms. The first kappa shape index (κ1) is 28.0. The van der Waals surface area contributed by atoms with Gasteiger partial charge in [-0.1, -0.05) is 11.3 Å². The molecule has 218 valence electrons. The number of aryl methyl sites for hydroxylation is 1. The van der Waals surface area contributed by atoms with Gasteiger partial charge >= 0.3 is 6.09 Å². The van der Waals surface area contributed by atoms with Crippen LogP contribution < -0.4 is 9.80 Å². The number of benzene rings is 1. The maximum Gasteiger partial charge on any atom is 0.410 e. The fraction of sp³-hybridized carbons (Fsp3) is 0.419. The molecule has 2 fully saturated rings. The summed E-state index contributed by atoms with van der Waals surface area (Å²) in [4.78, 5) is 24.0. The number of pyridine rings is 1. The van der Waals surface area contributed by atoms with Gasteiger partial charge in [0.1, 0.15) is 28.1 Å². The number of hydrogen-bond acceptors (Lipinski definition) is 8. The van der Waals surface area contributed by atoms with Crippen molar-refractivity contribution in [2.45, 2.75) is 52.1 Å². The van der Waals surface area contributed by atoms with Crippen LogP contribution in [0, 0.1) is 24.1 Å². The summed E-state index contributed by atoms with van der Waals surface area (Å²) in [5, 5.41) is 15.6. The highest BCUT2D eigenvalue weighted by Gasteiger charge is 2.34. The smallest absolute Gasteiger partial charge is 0.410 e. The number of fused-ring (bicyclic) bond motifs is 1. The van der Waals surface area contributed by atoms with E-state index >= 15 is 0 Å². The predicted molar refractivity (Wildman–Crippen MR) is 162 cm³/mol. The van der Waals surface area contributed by atoms with E-state index in [0.29, 0.717) is 53.4 Å². The molecule has 1 saturated carbocycles. The van der Waals surface area contributed by atoms with Crippen LogP contribution in [0.25, 0.3) is 16.8 Å². The Labute approximate surface area is 248 Å². The number of thiazole rings is 1. The highest BCUT2D eigenvalue weighted by Crippen LogP contribution is 2.48. The molecule has 3 aromatic heterocycles. The van der Waals surface area contributed by atoms with Gasteiger partial charge in [-0.15, -0.1) is 0 Å². The van der Waals surface area contributed by atoms with Crippen molar-refractivity contribution in [2.24, 2.45) is 0 Å². The summed E-state index contributed by atoms with van der Waals surface area (Å²) < 4.78 is 21.1. The average molecular weight is 588 g/mol. The highest BCUT2D eigenvalue weighted by atomic mass is 32.1. The minimum atomic E-state index is -0.523. The van der Waals surface area contributed by atoms with E-state index in [1.165, 1.54) is 23.5 Å². The lowest BCUT2D eigenvalue weighted by atomic mass is 10.1. The van der Waals surface area contributed by atoms with Crippen LogP contribution in [0.5, 0.6) is 0 Å². The van der Waals surface area contributed by atoms with Gasteiger partial charge in [0.2, 0.25) is 0 Å². The Bertz CT molecular complexity index is 1690. The Morgan fingerprint density at radius 2 is 1.83 bits per heavy atom. The summed E-state index contributed by atoms with van der Waals surface area (Å²) in [6, 6.07) is 12.7. The van der Waals surface area contributed by atoms with E-state index in [4.69, 9.17) is 14.8 Å². The summed E-state index contributed by atoms with van der Waals surface area (Å²) in [5.41, 5.74) is 5.81. The van der Waals surface area contributed by atoms with Crippen molar-refractivity contribution in [3.05, 3.63) is 58.5 Å². The quantitative estimate of drug-likeness (QED) is 0.264. The zero-order valence-electron chi connectivity index (χ0n) is 24.5. The molecular formula is C31H34FN7O2S. The van der Waals surface area contributed by atoms with E-state index in [2.05, 4.69) is 30.0 Å². The van der Waals surface area contributed by atoms with Crippen molar-refractivity contribution >= 4 is 39.5 Å². The first-order valence-electron chi connectivity index (χ1n) is 14.2. The number of carbonyl (C=O) groups excluding carboxylic acids is 1. The molecule has 4 heterocycles. The molecule has 1 amide bonds. The molecule has 1 aliphatic carbocycles. The minimum Gasteiger partial charge on any atom is -0.444 e. The van der Waals surface area contributed by atoms with Crippen LogP contribution in [-0.2, 0) is 4.74 Å². The van der Waals surface area contributed by atoms with Crippen molar-refractivity contribution in [3.63, 3.8) is 0 Å². The minimum absolute atomic E-state index is 0.275. The molecule has 0 atom stereocenters. The molecule has 1 saturated heterocycles. The Morgan fingerprint density at radius 3 is 2.45 bits per heavy atom. The number of anilines is 3. The summed E-state index contributed by atoms with van der Waals surface area (Å²) >= 11 is 1.32. The second-order valence-electron chi connectivity index (χ2n) is 12.0. The molecule has 9 nitrogen and oxygen atoms in total. The fourth-order valence-electron chi connectivity index (χ4n) is 5.35. The van der Waals surface area contributed by atoms with E-state index in [0.717, 1.165) is 41.1 Å². The number of nitrogens with zero attached hydrogens (tertiary/aromatic N) is 7. The Balaban J connectivity index is 1.34. The summed E-state index contributed by atoms with van der Waals surface area (Å²) in [6.45, 7) is 10.3. The number of ether oxygens (including phenoxy) is 1. The lowest BCUT2D eigenvalue weighted by molar-refractivity contribution is 0.0240. The molecule has 0 unspecified atom stereocenters. The molecule has 6 rings (SSSR count). The van der Waals surface area contributed by atoms with Gasteiger partial charge in [0.15, 0.2) is 5.13 Å². The monoisotopic (exact) mass is 587 g/mol. The zero-order valence-corrected chi connectivity index (χ0v) is 25.3. The van der Waals surface area contributed by atoms with E-state index < -0.39 is 5.60 Å². The van der Waals surface area contributed by atoms with E-state index in [-0.39, 0.29) is 11.9 Å². The van der Waals surface area contributed by atoms with Gasteiger partial charge in [-0.3, -0.25) is 0 Å². The van der Waals surface area contributed by atoms with E-state index in [1.807, 2.05) is 37.2 Å². The van der Waals surface area contributed by atoms with Crippen LogP contribution in [0.15, 0.2) is 36.4 Å². The lowest BCUT2D eigenvalue weighted by Crippen LogP contribution is -2.50. The van der Waals surface area contributed by atoms with Crippen LogP contribution >= 0.6 is 11.3 Å². The third-order valence-electron chi connectivity index (χ3n) is 7.61. The van der Waals surface area contributed by atoms with Crippen molar-refractivity contribution in [1.82, 2.24) is 19.5 Å². The van der Waals surface area contributed by atoms with Crippen LogP contribution in [0.4, 0.5) is 25.7 Å². The summed E-state index contributed by atoms with van der Waals surface area (Å²) in [7, 11) is 1.97. The van der Waals surface area contributed by atoms with Crippen LogP contribution in [0.3, 0.4) is 0 Å². The Morgan fingerprint density at radius 1 is 1.14 bits per heavy atom. The topological polar surface area (TPSA) is 90.0 Å². The van der Waals surface area contributed by atoms with Gasteiger partial charge in [-0.2, -0.15) is 10.4 Å². The van der Waals surface area contributed by atoms with Crippen LogP contribution in [0.2, 0.25) is 0 Å². The number of hydrogen-bond donors (Lipinski definition) is 0. The van der Waals surface area contributed by atoms with E-state index in [1.54, 1.807) is 17.0 Å². The fourth-order valence-corrected chi connectivity index (χ4v) is 6.21. The zero-order chi connectivity index (χ0) is 29.8. The van der Waals surface area contributed by atoms with Crippen LogP contribution in [0.1, 0.15) is 55.8 Å². The third-order valence-corrected chi connectivity index (χ3v) is 8.65. The highest BCUT2D eigenvalue weighted by molar-refractivity contribution is 7.16.